The molecule has 38 heavy (non-hydrogen) atoms. The lowest BCUT2D eigenvalue weighted by molar-refractivity contribution is -0.137. The van der Waals surface area contributed by atoms with Gasteiger partial charge in [-0.05, 0) is 54.7 Å². The SMILES string of the molecule is Cn1cnc(CN2c3ccccc3CN(S(=O)(=O)c3ccc(C(F)(F)F)cc3)C[C@@H]2CCC2CCCC2)c1. The second-order valence-corrected chi connectivity index (χ2v) is 12.4. The molecule has 1 saturated carbocycles. The molecule has 2 aliphatic rings. The van der Waals surface area contributed by atoms with Crippen molar-refractivity contribution in [3.05, 3.63) is 77.9 Å². The number of halogens is 3. The number of sulfonamides is 1. The lowest BCUT2D eigenvalue weighted by Crippen LogP contribution is -2.43. The van der Waals surface area contributed by atoms with Crippen LogP contribution in [-0.2, 0) is 36.3 Å². The largest absolute Gasteiger partial charge is 0.416 e. The Hall–Kier alpha value is -2.85. The van der Waals surface area contributed by atoms with Gasteiger partial charge in [0.2, 0.25) is 10.0 Å². The molecule has 10 heteroatoms. The van der Waals surface area contributed by atoms with Crippen molar-refractivity contribution in [2.75, 3.05) is 11.4 Å². The van der Waals surface area contributed by atoms with E-state index in [0.29, 0.717) is 12.5 Å². The van der Waals surface area contributed by atoms with Gasteiger partial charge < -0.3 is 9.47 Å². The van der Waals surface area contributed by atoms with Crippen LogP contribution in [0.15, 0.2) is 66.0 Å². The van der Waals surface area contributed by atoms with Gasteiger partial charge in [-0.3, -0.25) is 0 Å². The summed E-state index contributed by atoms with van der Waals surface area (Å²) in [5.74, 6) is 0.644. The Bertz CT molecular complexity index is 1350. The van der Waals surface area contributed by atoms with E-state index in [-0.39, 0.29) is 24.0 Å². The Balaban J connectivity index is 1.50. The molecule has 0 amide bonds. The first kappa shape index (κ1) is 26.7. The predicted molar refractivity (Wildman–Crippen MR) is 140 cm³/mol. The highest BCUT2D eigenvalue weighted by atomic mass is 32.2. The van der Waals surface area contributed by atoms with Crippen LogP contribution >= 0.6 is 0 Å². The molecule has 5 rings (SSSR count). The monoisotopic (exact) mass is 546 g/mol. The zero-order chi connectivity index (χ0) is 26.9. The molecule has 0 radical (unpaired) electrons. The number of nitrogens with zero attached hydrogens (tertiary/aromatic N) is 4. The summed E-state index contributed by atoms with van der Waals surface area (Å²) in [5.41, 5.74) is 1.86. The Kier molecular flexibility index (Phi) is 7.55. The van der Waals surface area contributed by atoms with Gasteiger partial charge in [-0.1, -0.05) is 43.9 Å². The zero-order valence-electron chi connectivity index (χ0n) is 21.4. The minimum atomic E-state index is -4.53. The van der Waals surface area contributed by atoms with Crippen LogP contribution in [0.2, 0.25) is 0 Å². The molecule has 0 saturated heterocycles. The van der Waals surface area contributed by atoms with Crippen molar-refractivity contribution in [3.63, 3.8) is 0 Å². The van der Waals surface area contributed by atoms with E-state index in [1.54, 1.807) is 6.33 Å². The highest BCUT2D eigenvalue weighted by Crippen LogP contribution is 2.36. The fourth-order valence-corrected chi connectivity index (χ4v) is 7.22. The number of hydrogen-bond acceptors (Lipinski definition) is 4. The summed E-state index contributed by atoms with van der Waals surface area (Å²) < 4.78 is 70.2. The van der Waals surface area contributed by atoms with Gasteiger partial charge >= 0.3 is 6.18 Å². The molecule has 1 aliphatic carbocycles. The number of hydrogen-bond donors (Lipinski definition) is 0. The molecule has 6 nitrogen and oxygen atoms in total. The van der Waals surface area contributed by atoms with E-state index in [9.17, 15) is 21.6 Å². The summed E-state index contributed by atoms with van der Waals surface area (Å²) in [5, 5.41) is 0. The van der Waals surface area contributed by atoms with Crippen LogP contribution in [0, 0.1) is 5.92 Å². The molecule has 0 spiro atoms. The van der Waals surface area contributed by atoms with Gasteiger partial charge in [0.15, 0.2) is 0 Å². The van der Waals surface area contributed by atoms with Crippen molar-refractivity contribution in [2.24, 2.45) is 13.0 Å². The van der Waals surface area contributed by atoms with Gasteiger partial charge in [0.25, 0.3) is 0 Å². The van der Waals surface area contributed by atoms with Crippen LogP contribution in [-0.4, -0.2) is 34.9 Å². The first-order valence-electron chi connectivity index (χ1n) is 13.1. The molecule has 0 N–H and O–H groups in total. The molecule has 1 aliphatic heterocycles. The molecule has 1 atom stereocenters. The molecule has 1 aromatic heterocycles. The van der Waals surface area contributed by atoms with E-state index in [1.165, 1.54) is 30.0 Å². The third-order valence-electron chi connectivity index (χ3n) is 7.80. The molecular formula is C28H33F3N4O2S. The normalized spacial score (nSPS) is 19.5. The second-order valence-electron chi connectivity index (χ2n) is 10.5. The van der Waals surface area contributed by atoms with Gasteiger partial charge in [0, 0.05) is 38.1 Å². The number of aromatic nitrogens is 2. The number of benzene rings is 2. The minimum absolute atomic E-state index is 0.106. The van der Waals surface area contributed by atoms with Crippen molar-refractivity contribution in [3.8, 4) is 0 Å². The van der Waals surface area contributed by atoms with E-state index in [0.717, 1.165) is 54.1 Å². The van der Waals surface area contributed by atoms with Crippen molar-refractivity contribution in [2.45, 2.75) is 68.7 Å². The summed E-state index contributed by atoms with van der Waals surface area (Å²) in [6, 6.07) is 11.5. The van der Waals surface area contributed by atoms with Crippen LogP contribution in [0.1, 0.15) is 55.3 Å². The smallest absolute Gasteiger partial charge is 0.361 e. The Morgan fingerprint density at radius 3 is 2.37 bits per heavy atom. The van der Waals surface area contributed by atoms with Gasteiger partial charge in [0.1, 0.15) is 0 Å². The standard InChI is InChI=1S/C28H33F3N4O2S/c1-33-17-24(32-20-33)18-35-25(13-10-21-6-2-3-7-21)19-34(16-22-8-4-5-9-27(22)35)38(36,37)26-14-11-23(12-15-26)28(29,30)31/h4-5,8-9,11-12,14-15,17,20-21,25H,2-3,6-7,10,13,16,18-19H2,1H3/t25-/m0/s1. The van der Waals surface area contributed by atoms with E-state index in [2.05, 4.69) is 9.88 Å². The average Bonchev–Trinajstić information content (AvgIpc) is 3.52. The fourth-order valence-electron chi connectivity index (χ4n) is 5.77. The molecule has 2 aromatic carbocycles. The number of alkyl halides is 3. The average molecular weight is 547 g/mol. The van der Waals surface area contributed by atoms with Crippen molar-refractivity contribution < 1.29 is 21.6 Å². The van der Waals surface area contributed by atoms with Crippen LogP contribution < -0.4 is 4.90 Å². The van der Waals surface area contributed by atoms with Crippen LogP contribution in [0.4, 0.5) is 18.9 Å². The number of anilines is 1. The quantitative estimate of drug-likeness (QED) is 0.365. The van der Waals surface area contributed by atoms with Gasteiger partial charge in [-0.15, -0.1) is 0 Å². The van der Waals surface area contributed by atoms with Gasteiger partial charge in [-0.25, -0.2) is 13.4 Å². The lowest BCUT2D eigenvalue weighted by atomic mass is 9.97. The maximum atomic E-state index is 13.8. The Morgan fingerprint density at radius 1 is 1.00 bits per heavy atom. The van der Waals surface area contributed by atoms with Gasteiger partial charge in [-0.2, -0.15) is 17.5 Å². The molecular weight excluding hydrogens is 513 g/mol. The summed E-state index contributed by atoms with van der Waals surface area (Å²) in [6.07, 6.45) is 5.93. The minimum Gasteiger partial charge on any atom is -0.361 e. The van der Waals surface area contributed by atoms with Crippen LogP contribution in [0.25, 0.3) is 0 Å². The zero-order valence-corrected chi connectivity index (χ0v) is 22.3. The van der Waals surface area contributed by atoms with Crippen molar-refractivity contribution in [1.29, 1.82) is 0 Å². The Morgan fingerprint density at radius 2 is 1.71 bits per heavy atom. The lowest BCUT2D eigenvalue weighted by Gasteiger charge is -2.34. The van der Waals surface area contributed by atoms with Crippen molar-refractivity contribution in [1.82, 2.24) is 13.9 Å². The molecule has 3 aromatic rings. The second kappa shape index (κ2) is 10.7. The van der Waals surface area contributed by atoms with E-state index in [4.69, 9.17) is 0 Å². The predicted octanol–water partition coefficient (Wildman–Crippen LogP) is 5.99. The molecule has 1 fully saturated rings. The number of imidazole rings is 1. The van der Waals surface area contributed by atoms with E-state index < -0.39 is 21.8 Å². The van der Waals surface area contributed by atoms with E-state index in [1.807, 2.05) is 42.1 Å². The van der Waals surface area contributed by atoms with E-state index >= 15 is 0 Å². The Labute approximate surface area is 222 Å². The highest BCUT2D eigenvalue weighted by Gasteiger charge is 2.36. The fraction of sp³-hybridized carbons (Fsp3) is 0.464. The summed E-state index contributed by atoms with van der Waals surface area (Å²) in [7, 11) is -2.11. The maximum absolute atomic E-state index is 13.8. The molecule has 2 heterocycles. The number of aryl methyl sites for hydroxylation is 1. The first-order chi connectivity index (χ1) is 18.1. The van der Waals surface area contributed by atoms with Crippen LogP contribution in [0.5, 0.6) is 0 Å². The molecule has 204 valence electrons. The van der Waals surface area contributed by atoms with Crippen molar-refractivity contribution >= 4 is 15.7 Å². The van der Waals surface area contributed by atoms with Crippen LogP contribution in [0.3, 0.4) is 0 Å². The summed E-state index contributed by atoms with van der Waals surface area (Å²) >= 11 is 0. The van der Waals surface area contributed by atoms with Gasteiger partial charge in [0.05, 0.1) is 29.0 Å². The highest BCUT2D eigenvalue weighted by molar-refractivity contribution is 7.89. The summed E-state index contributed by atoms with van der Waals surface area (Å²) in [4.78, 5) is 6.67. The first-order valence-corrected chi connectivity index (χ1v) is 14.5. The molecule has 0 unspecified atom stereocenters. The topological polar surface area (TPSA) is 58.4 Å². The number of fused-ring (bicyclic) bond motifs is 1. The third kappa shape index (κ3) is 5.76. The molecule has 0 bridgehead atoms. The summed E-state index contributed by atoms with van der Waals surface area (Å²) in [6.45, 7) is 0.942. The number of rotatable bonds is 7. The maximum Gasteiger partial charge on any atom is 0.416 e. The number of para-hydroxylation sites is 1. The third-order valence-corrected chi connectivity index (χ3v) is 9.62.